The van der Waals surface area contributed by atoms with E-state index in [1.807, 2.05) is 6.92 Å². The summed E-state index contributed by atoms with van der Waals surface area (Å²) in [4.78, 5) is 7.73. The Morgan fingerprint density at radius 2 is 2.20 bits per heavy atom. The second kappa shape index (κ2) is 4.76. The number of aromatic nitrogens is 2. The first-order valence-electron chi connectivity index (χ1n) is 4.29. The molecule has 1 aromatic rings. The maximum atomic E-state index is 10.9. The number of rotatable bonds is 4. The van der Waals surface area contributed by atoms with Gasteiger partial charge in [-0.3, -0.25) is 0 Å². The summed E-state index contributed by atoms with van der Waals surface area (Å²) >= 11 is 5.61. The number of anilines is 1. The predicted molar refractivity (Wildman–Crippen MR) is 60.0 cm³/mol. The molecule has 0 unspecified atom stereocenters. The van der Waals surface area contributed by atoms with E-state index in [0.717, 1.165) is 5.56 Å². The highest BCUT2D eigenvalue weighted by Crippen LogP contribution is 2.11. The van der Waals surface area contributed by atoms with E-state index in [9.17, 15) is 8.42 Å². The van der Waals surface area contributed by atoms with Gasteiger partial charge in [0, 0.05) is 24.6 Å². The zero-order valence-electron chi connectivity index (χ0n) is 8.49. The van der Waals surface area contributed by atoms with Crippen LogP contribution in [0.5, 0.6) is 0 Å². The summed E-state index contributed by atoms with van der Waals surface area (Å²) in [7, 11) is -2.96. The monoisotopic (exact) mass is 249 g/mol. The summed E-state index contributed by atoms with van der Waals surface area (Å²) in [5, 5.41) is 3.04. The lowest BCUT2D eigenvalue weighted by Gasteiger charge is -2.07. The first-order valence-corrected chi connectivity index (χ1v) is 6.73. The Labute approximate surface area is 93.8 Å². The molecule has 0 aromatic carbocycles. The van der Waals surface area contributed by atoms with Gasteiger partial charge in [-0.2, -0.15) is 0 Å². The molecule has 0 spiro atoms. The molecule has 0 aliphatic rings. The minimum atomic E-state index is -2.96. The highest BCUT2D eigenvalue weighted by atomic mass is 35.5. The van der Waals surface area contributed by atoms with Crippen molar-refractivity contribution in [2.24, 2.45) is 0 Å². The van der Waals surface area contributed by atoms with Gasteiger partial charge in [-0.25, -0.2) is 18.4 Å². The van der Waals surface area contributed by atoms with Crippen LogP contribution < -0.4 is 5.32 Å². The normalized spacial score (nSPS) is 11.4. The second-order valence-electron chi connectivity index (χ2n) is 3.23. The second-order valence-corrected chi connectivity index (χ2v) is 5.83. The quantitative estimate of drug-likeness (QED) is 0.803. The number of halogens is 1. The van der Waals surface area contributed by atoms with Crippen molar-refractivity contribution in [2.75, 3.05) is 23.9 Å². The average Bonchev–Trinajstić information content (AvgIpc) is 2.09. The van der Waals surface area contributed by atoms with Gasteiger partial charge in [-0.1, -0.05) is 0 Å². The van der Waals surface area contributed by atoms with Gasteiger partial charge in [-0.15, -0.1) is 0 Å². The summed E-state index contributed by atoms with van der Waals surface area (Å²) in [5.41, 5.74) is 0.827. The van der Waals surface area contributed by atoms with E-state index in [-0.39, 0.29) is 11.0 Å². The molecule has 7 heteroatoms. The molecule has 0 bridgehead atoms. The molecule has 1 aromatic heterocycles. The Morgan fingerprint density at radius 3 is 2.80 bits per heavy atom. The van der Waals surface area contributed by atoms with Gasteiger partial charge >= 0.3 is 0 Å². The Bertz CT molecular complexity index is 447. The largest absolute Gasteiger partial charge is 0.369 e. The van der Waals surface area contributed by atoms with Gasteiger partial charge in [0.05, 0.1) is 5.75 Å². The van der Waals surface area contributed by atoms with Crippen LogP contribution in [0.25, 0.3) is 0 Å². The maximum absolute atomic E-state index is 10.9. The van der Waals surface area contributed by atoms with Gasteiger partial charge in [-0.05, 0) is 18.5 Å². The molecule has 5 nitrogen and oxygen atoms in total. The van der Waals surface area contributed by atoms with Crippen LogP contribution in [0, 0.1) is 6.92 Å². The van der Waals surface area contributed by atoms with Crippen LogP contribution in [0.4, 0.5) is 5.82 Å². The molecule has 0 aliphatic heterocycles. The summed E-state index contributed by atoms with van der Waals surface area (Å²) in [6, 6.07) is 0. The van der Waals surface area contributed by atoms with Crippen molar-refractivity contribution < 1.29 is 8.42 Å². The van der Waals surface area contributed by atoms with Gasteiger partial charge < -0.3 is 5.32 Å². The smallest absolute Gasteiger partial charge is 0.224 e. The third kappa shape index (κ3) is 4.44. The highest BCUT2D eigenvalue weighted by Gasteiger charge is 2.04. The Morgan fingerprint density at radius 1 is 1.53 bits per heavy atom. The zero-order chi connectivity index (χ0) is 11.5. The Hall–Kier alpha value is -0.880. The van der Waals surface area contributed by atoms with E-state index < -0.39 is 9.84 Å². The van der Waals surface area contributed by atoms with Crippen LogP contribution in [0.15, 0.2) is 6.20 Å². The van der Waals surface area contributed by atoms with Crippen LogP contribution >= 0.6 is 11.6 Å². The standard InChI is InChI=1S/C8H12ClN3O2S/c1-6-5-11-8(9)12-7(6)10-3-4-15(2,13)14/h5H,3-4H2,1-2H3,(H,10,11,12). The van der Waals surface area contributed by atoms with Crippen LogP contribution in [0.3, 0.4) is 0 Å². The van der Waals surface area contributed by atoms with Crippen LogP contribution in [-0.2, 0) is 9.84 Å². The fourth-order valence-electron chi connectivity index (χ4n) is 0.954. The molecular weight excluding hydrogens is 238 g/mol. The topological polar surface area (TPSA) is 72.0 Å². The molecule has 84 valence electrons. The van der Waals surface area contributed by atoms with Crippen molar-refractivity contribution in [1.82, 2.24) is 9.97 Å². The molecular formula is C8H12ClN3O2S. The van der Waals surface area contributed by atoms with Crippen molar-refractivity contribution in [2.45, 2.75) is 6.92 Å². The van der Waals surface area contributed by atoms with E-state index in [0.29, 0.717) is 12.4 Å². The summed E-state index contributed by atoms with van der Waals surface area (Å²) in [5.74, 6) is 0.632. The molecule has 0 aliphatic carbocycles. The van der Waals surface area contributed by atoms with Gasteiger partial charge in [0.15, 0.2) is 0 Å². The molecule has 0 radical (unpaired) electrons. The molecule has 1 rings (SSSR count). The fraction of sp³-hybridized carbons (Fsp3) is 0.500. The van der Waals surface area contributed by atoms with E-state index in [4.69, 9.17) is 11.6 Å². The molecule has 0 atom stereocenters. The molecule has 1 N–H and O–H groups in total. The van der Waals surface area contributed by atoms with E-state index >= 15 is 0 Å². The van der Waals surface area contributed by atoms with Crippen molar-refractivity contribution in [3.63, 3.8) is 0 Å². The predicted octanol–water partition coefficient (Wildman–Crippen LogP) is 0.895. The number of nitrogens with zero attached hydrogens (tertiary/aromatic N) is 2. The SMILES string of the molecule is Cc1cnc(Cl)nc1NCCS(C)(=O)=O. The van der Waals surface area contributed by atoms with Crippen LogP contribution in [0.1, 0.15) is 5.56 Å². The highest BCUT2D eigenvalue weighted by molar-refractivity contribution is 7.90. The summed E-state index contributed by atoms with van der Waals surface area (Å²) in [6.45, 7) is 2.13. The van der Waals surface area contributed by atoms with Crippen molar-refractivity contribution in [3.05, 3.63) is 17.0 Å². The lowest BCUT2D eigenvalue weighted by molar-refractivity contribution is 0.602. The molecule has 0 fully saturated rings. The molecule has 0 saturated carbocycles. The number of aryl methyl sites for hydroxylation is 1. The molecule has 15 heavy (non-hydrogen) atoms. The van der Waals surface area contributed by atoms with Gasteiger partial charge in [0.25, 0.3) is 0 Å². The van der Waals surface area contributed by atoms with Crippen molar-refractivity contribution >= 4 is 27.3 Å². The summed E-state index contributed by atoms with van der Waals surface area (Å²) < 4.78 is 21.7. The van der Waals surface area contributed by atoms with Crippen LogP contribution in [-0.4, -0.2) is 36.9 Å². The number of sulfone groups is 1. The summed E-state index contributed by atoms with van der Waals surface area (Å²) in [6.07, 6.45) is 2.77. The molecule has 1 heterocycles. The maximum Gasteiger partial charge on any atom is 0.224 e. The third-order valence-electron chi connectivity index (χ3n) is 1.71. The minimum Gasteiger partial charge on any atom is -0.369 e. The van der Waals surface area contributed by atoms with Crippen molar-refractivity contribution in [1.29, 1.82) is 0 Å². The number of nitrogens with one attached hydrogen (secondary N) is 1. The Kier molecular flexibility index (Phi) is 3.87. The average molecular weight is 250 g/mol. The zero-order valence-corrected chi connectivity index (χ0v) is 10.1. The lowest BCUT2D eigenvalue weighted by atomic mass is 10.3. The number of hydrogen-bond donors (Lipinski definition) is 1. The number of hydrogen-bond acceptors (Lipinski definition) is 5. The van der Waals surface area contributed by atoms with Crippen molar-refractivity contribution in [3.8, 4) is 0 Å². The van der Waals surface area contributed by atoms with E-state index in [1.165, 1.54) is 6.26 Å². The first-order chi connectivity index (χ1) is 6.88. The Balaban J connectivity index is 2.61. The lowest BCUT2D eigenvalue weighted by Crippen LogP contribution is -2.15. The van der Waals surface area contributed by atoms with E-state index in [1.54, 1.807) is 6.20 Å². The van der Waals surface area contributed by atoms with E-state index in [2.05, 4.69) is 15.3 Å². The van der Waals surface area contributed by atoms with Gasteiger partial charge in [0.1, 0.15) is 15.7 Å². The van der Waals surface area contributed by atoms with Gasteiger partial charge in [0.2, 0.25) is 5.28 Å². The van der Waals surface area contributed by atoms with Crippen LogP contribution in [0.2, 0.25) is 5.28 Å². The first kappa shape index (κ1) is 12.2. The molecule has 0 saturated heterocycles. The third-order valence-corrected chi connectivity index (χ3v) is 2.84. The fourth-order valence-corrected chi connectivity index (χ4v) is 1.56. The molecule has 0 amide bonds. The minimum absolute atomic E-state index is 0.0636.